The maximum absolute atomic E-state index is 12.6. The molecule has 0 spiro atoms. The van der Waals surface area contributed by atoms with Crippen LogP contribution in [0.25, 0.3) is 26.8 Å². The maximum Gasteiger partial charge on any atom is 0.259 e. The lowest BCUT2D eigenvalue weighted by Crippen LogP contribution is -2.14. The molecule has 0 radical (unpaired) electrons. The van der Waals surface area contributed by atoms with Gasteiger partial charge in [0, 0.05) is 23.5 Å². The molecule has 24 heavy (non-hydrogen) atoms. The lowest BCUT2D eigenvalue weighted by molar-refractivity contribution is 1.05. The second kappa shape index (κ2) is 5.81. The van der Waals surface area contributed by atoms with E-state index in [0.717, 1.165) is 16.1 Å². The number of thiazole rings is 1. The first-order chi connectivity index (χ1) is 11.6. The highest BCUT2D eigenvalue weighted by Crippen LogP contribution is 2.37. The molecule has 0 aliphatic carbocycles. The number of fused-ring (bicyclic) bond motifs is 1. The molecule has 0 N–H and O–H groups in total. The fraction of sp³-hybridized carbons (Fsp3) is 0.0588. The van der Waals surface area contributed by atoms with E-state index in [-0.39, 0.29) is 10.8 Å². The van der Waals surface area contributed by atoms with Crippen molar-refractivity contribution in [1.29, 1.82) is 0 Å². The first-order valence-corrected chi connectivity index (χ1v) is 8.40. The summed E-state index contributed by atoms with van der Waals surface area (Å²) in [6.07, 6.45) is 1.60. The third-order valence-corrected chi connectivity index (χ3v) is 4.80. The highest BCUT2D eigenvalue weighted by Gasteiger charge is 2.19. The largest absolute Gasteiger partial charge is 0.269 e. The second-order valence-corrected chi connectivity index (χ2v) is 6.53. The van der Waals surface area contributed by atoms with Crippen molar-refractivity contribution in [3.8, 4) is 21.8 Å². The molecule has 4 aromatic rings. The van der Waals surface area contributed by atoms with E-state index in [2.05, 4.69) is 15.0 Å². The average Bonchev–Trinajstić information content (AvgIpc) is 2.95. The van der Waals surface area contributed by atoms with Crippen LogP contribution in [0, 0.1) is 6.92 Å². The van der Waals surface area contributed by atoms with Gasteiger partial charge in [-0.3, -0.25) is 9.20 Å². The maximum atomic E-state index is 12.6. The van der Waals surface area contributed by atoms with Gasteiger partial charge in [0.15, 0.2) is 4.96 Å². The topological polar surface area (TPSA) is 60.2 Å². The summed E-state index contributed by atoms with van der Waals surface area (Å²) in [4.78, 5) is 26.8. The summed E-state index contributed by atoms with van der Waals surface area (Å²) < 4.78 is 1.62. The predicted molar refractivity (Wildman–Crippen MR) is 95.5 cm³/mol. The van der Waals surface area contributed by atoms with Crippen molar-refractivity contribution in [2.45, 2.75) is 6.92 Å². The molecule has 0 saturated heterocycles. The van der Waals surface area contributed by atoms with Crippen LogP contribution in [-0.4, -0.2) is 19.4 Å². The normalized spacial score (nSPS) is 11.1. The fourth-order valence-electron chi connectivity index (χ4n) is 2.58. The van der Waals surface area contributed by atoms with Crippen LogP contribution in [0.3, 0.4) is 0 Å². The van der Waals surface area contributed by atoms with Gasteiger partial charge in [-0.15, -0.1) is 0 Å². The third kappa shape index (κ3) is 2.50. The van der Waals surface area contributed by atoms with Gasteiger partial charge in [-0.25, -0.2) is 15.0 Å². The summed E-state index contributed by atoms with van der Waals surface area (Å²) in [6, 6.07) is 13.0. The average molecular weight is 355 g/mol. The fourth-order valence-corrected chi connectivity index (χ4v) is 3.89. The van der Waals surface area contributed by atoms with Crippen molar-refractivity contribution >= 4 is 27.9 Å². The van der Waals surface area contributed by atoms with Gasteiger partial charge in [0.1, 0.15) is 0 Å². The van der Waals surface area contributed by atoms with Crippen LogP contribution in [-0.2, 0) is 0 Å². The van der Waals surface area contributed by atoms with E-state index in [1.165, 1.54) is 17.4 Å². The Kier molecular flexibility index (Phi) is 3.63. The summed E-state index contributed by atoms with van der Waals surface area (Å²) in [7, 11) is 0. The number of hydrogen-bond donors (Lipinski definition) is 0. The Balaban J connectivity index is 2.14. The molecule has 0 saturated carbocycles. The number of aryl methyl sites for hydroxylation is 1. The minimum Gasteiger partial charge on any atom is -0.269 e. The number of benzene rings is 1. The summed E-state index contributed by atoms with van der Waals surface area (Å²) in [5.41, 5.74) is 2.93. The van der Waals surface area contributed by atoms with Crippen LogP contribution in [0.15, 0.2) is 53.5 Å². The third-order valence-electron chi connectivity index (χ3n) is 3.55. The minimum atomic E-state index is -0.112. The van der Waals surface area contributed by atoms with Crippen molar-refractivity contribution in [3.63, 3.8) is 0 Å². The van der Waals surface area contributed by atoms with Crippen LogP contribution in [0.1, 0.15) is 5.69 Å². The van der Waals surface area contributed by atoms with Crippen molar-refractivity contribution in [2.75, 3.05) is 0 Å². The molecule has 3 aromatic heterocycles. The Hall–Kier alpha value is -2.57. The molecule has 0 amide bonds. The van der Waals surface area contributed by atoms with E-state index in [1.807, 2.05) is 37.3 Å². The lowest BCUT2D eigenvalue weighted by Gasteiger charge is -2.05. The highest BCUT2D eigenvalue weighted by atomic mass is 35.5. The van der Waals surface area contributed by atoms with Crippen LogP contribution in [0.4, 0.5) is 0 Å². The monoisotopic (exact) mass is 354 g/mol. The Morgan fingerprint density at radius 1 is 1.12 bits per heavy atom. The molecule has 7 heteroatoms. The van der Waals surface area contributed by atoms with E-state index in [4.69, 9.17) is 11.6 Å². The molecule has 0 unspecified atom stereocenters. The lowest BCUT2D eigenvalue weighted by atomic mass is 10.1. The molecule has 3 heterocycles. The van der Waals surface area contributed by atoms with Gasteiger partial charge < -0.3 is 0 Å². The molecule has 0 bridgehead atoms. The first kappa shape index (κ1) is 15.0. The summed E-state index contributed by atoms with van der Waals surface area (Å²) in [5.74, 6) is 0. The smallest absolute Gasteiger partial charge is 0.259 e. The van der Waals surface area contributed by atoms with Crippen LogP contribution in [0.5, 0.6) is 0 Å². The van der Waals surface area contributed by atoms with Crippen molar-refractivity contribution in [2.24, 2.45) is 0 Å². The van der Waals surface area contributed by atoms with E-state index in [0.29, 0.717) is 16.3 Å². The number of rotatable bonds is 2. The van der Waals surface area contributed by atoms with Gasteiger partial charge in [0.25, 0.3) is 5.56 Å². The Morgan fingerprint density at radius 3 is 2.67 bits per heavy atom. The van der Waals surface area contributed by atoms with Gasteiger partial charge in [-0.2, -0.15) is 0 Å². The standard InChI is InChI=1S/C17H11ClN4OS/c1-10-9-13(23)22-14(11-5-3-2-4-6-11)15(24-17(22)20-10)12-7-8-19-16(18)21-12/h2-9H,1H3. The van der Waals surface area contributed by atoms with Gasteiger partial charge in [-0.1, -0.05) is 41.7 Å². The molecule has 118 valence electrons. The zero-order valence-electron chi connectivity index (χ0n) is 12.6. The Morgan fingerprint density at radius 2 is 1.92 bits per heavy atom. The van der Waals surface area contributed by atoms with Crippen molar-refractivity contribution in [1.82, 2.24) is 19.4 Å². The molecule has 0 atom stereocenters. The minimum absolute atomic E-state index is 0.112. The van der Waals surface area contributed by atoms with E-state index >= 15 is 0 Å². The van der Waals surface area contributed by atoms with Crippen LogP contribution >= 0.6 is 22.9 Å². The number of nitrogens with zero attached hydrogens (tertiary/aromatic N) is 4. The van der Waals surface area contributed by atoms with E-state index < -0.39 is 0 Å². The molecule has 1 aromatic carbocycles. The molecule has 0 aliphatic rings. The SMILES string of the molecule is Cc1cc(=O)n2c(-c3ccccc3)c(-c3ccnc(Cl)n3)sc2n1. The number of halogens is 1. The second-order valence-electron chi connectivity index (χ2n) is 5.21. The van der Waals surface area contributed by atoms with Gasteiger partial charge in [-0.05, 0) is 24.6 Å². The first-order valence-electron chi connectivity index (χ1n) is 7.21. The molecule has 0 fully saturated rings. The highest BCUT2D eigenvalue weighted by molar-refractivity contribution is 7.20. The molecule has 0 aliphatic heterocycles. The zero-order chi connectivity index (χ0) is 16.7. The Labute approximate surface area is 146 Å². The van der Waals surface area contributed by atoms with E-state index in [1.54, 1.807) is 16.7 Å². The molecule has 5 nitrogen and oxygen atoms in total. The van der Waals surface area contributed by atoms with Gasteiger partial charge >= 0.3 is 0 Å². The van der Waals surface area contributed by atoms with E-state index in [9.17, 15) is 4.79 Å². The molecular weight excluding hydrogens is 344 g/mol. The quantitative estimate of drug-likeness (QED) is 0.513. The van der Waals surface area contributed by atoms with Gasteiger partial charge in [0.2, 0.25) is 5.28 Å². The Bertz CT molecular complexity index is 1100. The number of aromatic nitrogens is 4. The molecular formula is C17H11ClN4OS. The predicted octanol–water partition coefficient (Wildman–Crippen LogP) is 3.84. The summed E-state index contributed by atoms with van der Waals surface area (Å²) in [6.45, 7) is 1.81. The van der Waals surface area contributed by atoms with Crippen molar-refractivity contribution in [3.05, 3.63) is 70.0 Å². The summed E-state index contributed by atoms with van der Waals surface area (Å²) >= 11 is 7.36. The zero-order valence-corrected chi connectivity index (χ0v) is 14.2. The number of hydrogen-bond acceptors (Lipinski definition) is 5. The van der Waals surface area contributed by atoms with Crippen molar-refractivity contribution < 1.29 is 0 Å². The summed E-state index contributed by atoms with van der Waals surface area (Å²) in [5, 5.41) is 0.167. The van der Waals surface area contributed by atoms with Gasteiger partial charge in [0.05, 0.1) is 16.3 Å². The van der Waals surface area contributed by atoms with Crippen LogP contribution < -0.4 is 5.56 Å². The van der Waals surface area contributed by atoms with Crippen LogP contribution in [0.2, 0.25) is 5.28 Å². The molecule has 4 rings (SSSR count).